The summed E-state index contributed by atoms with van der Waals surface area (Å²) < 4.78 is 0. The molecule has 0 N–H and O–H groups in total. The van der Waals surface area contributed by atoms with Crippen LogP contribution in [0.25, 0.3) is 0 Å². The van der Waals surface area contributed by atoms with E-state index in [4.69, 9.17) is 0 Å². The second kappa shape index (κ2) is 7.26. The molecule has 1 aromatic rings. The van der Waals surface area contributed by atoms with Crippen LogP contribution in [0, 0.1) is 12.8 Å². The van der Waals surface area contributed by atoms with Crippen LogP contribution in [0.2, 0.25) is 0 Å². The van der Waals surface area contributed by atoms with Gasteiger partial charge in [0.1, 0.15) is 0 Å². The molecule has 1 spiro atoms. The van der Waals surface area contributed by atoms with Crippen molar-refractivity contribution in [2.75, 3.05) is 19.6 Å². The van der Waals surface area contributed by atoms with Crippen molar-refractivity contribution in [3.05, 3.63) is 35.4 Å². The number of aryl methyl sites for hydroxylation is 1. The molecule has 0 radical (unpaired) electrons. The van der Waals surface area contributed by atoms with Crippen molar-refractivity contribution < 1.29 is 4.79 Å². The summed E-state index contributed by atoms with van der Waals surface area (Å²) in [5.41, 5.74) is 2.65. The monoisotopic (exact) mass is 328 g/mol. The maximum Gasteiger partial charge on any atom is 0.223 e. The van der Waals surface area contributed by atoms with Crippen molar-refractivity contribution in [3.8, 4) is 0 Å². The average molecular weight is 329 g/mol. The lowest BCUT2D eigenvalue weighted by atomic mass is 9.87. The van der Waals surface area contributed by atoms with Crippen LogP contribution in [0.15, 0.2) is 24.3 Å². The largest absolute Gasteiger partial charge is 0.333 e. The van der Waals surface area contributed by atoms with Crippen molar-refractivity contribution in [1.82, 2.24) is 9.80 Å². The number of hydrogen-bond donors (Lipinski definition) is 0. The maximum atomic E-state index is 12.6. The zero-order chi connectivity index (χ0) is 17.2. The summed E-state index contributed by atoms with van der Waals surface area (Å²) in [6, 6.07) is 8.66. The highest BCUT2D eigenvalue weighted by Crippen LogP contribution is 2.40. The summed E-state index contributed by atoms with van der Waals surface area (Å²) in [4.78, 5) is 17.4. The van der Waals surface area contributed by atoms with E-state index in [9.17, 15) is 4.79 Å². The fourth-order valence-corrected chi connectivity index (χ4v) is 4.46. The van der Waals surface area contributed by atoms with Crippen LogP contribution < -0.4 is 0 Å². The van der Waals surface area contributed by atoms with Crippen LogP contribution in [0.5, 0.6) is 0 Å². The van der Waals surface area contributed by atoms with E-state index in [0.717, 1.165) is 32.4 Å². The highest BCUT2D eigenvalue weighted by molar-refractivity contribution is 5.79. The van der Waals surface area contributed by atoms with Crippen molar-refractivity contribution in [2.24, 2.45) is 5.92 Å². The number of carbonyl (C=O) groups is 1. The predicted molar refractivity (Wildman–Crippen MR) is 98.8 cm³/mol. The third kappa shape index (κ3) is 3.83. The van der Waals surface area contributed by atoms with Gasteiger partial charge in [0.15, 0.2) is 0 Å². The Balaban J connectivity index is 1.73. The first kappa shape index (κ1) is 17.5. The van der Waals surface area contributed by atoms with Gasteiger partial charge in [-0.15, -0.1) is 0 Å². The molecule has 2 saturated heterocycles. The molecule has 2 fully saturated rings. The van der Waals surface area contributed by atoms with E-state index in [0.29, 0.717) is 11.8 Å². The van der Waals surface area contributed by atoms with Crippen molar-refractivity contribution in [3.63, 3.8) is 0 Å². The molecule has 3 rings (SSSR count). The Hall–Kier alpha value is -1.35. The molecule has 3 heteroatoms. The number of likely N-dealkylation sites (tertiary alicyclic amines) is 2. The predicted octanol–water partition coefficient (Wildman–Crippen LogP) is 4.00. The number of amides is 1. The molecular weight excluding hydrogens is 296 g/mol. The van der Waals surface area contributed by atoms with E-state index in [1.54, 1.807) is 0 Å². The molecule has 0 aromatic heterocycles. The highest BCUT2D eigenvalue weighted by atomic mass is 16.2. The van der Waals surface area contributed by atoms with Crippen LogP contribution in [0.4, 0.5) is 0 Å². The minimum atomic E-state index is 0.105. The Morgan fingerprint density at radius 2 is 1.83 bits per heavy atom. The van der Waals surface area contributed by atoms with Crippen LogP contribution >= 0.6 is 0 Å². The van der Waals surface area contributed by atoms with Crippen LogP contribution in [0.3, 0.4) is 0 Å². The second-order valence-electron chi connectivity index (χ2n) is 8.24. The molecule has 0 aliphatic carbocycles. The number of hydrogen-bond acceptors (Lipinski definition) is 2. The van der Waals surface area contributed by atoms with Gasteiger partial charge in [-0.2, -0.15) is 0 Å². The molecule has 24 heavy (non-hydrogen) atoms. The molecule has 1 atom stereocenters. The molecule has 0 bridgehead atoms. The molecule has 132 valence electrons. The van der Waals surface area contributed by atoms with E-state index in [1.807, 2.05) is 0 Å². The quantitative estimate of drug-likeness (QED) is 0.834. The zero-order valence-electron chi connectivity index (χ0n) is 15.6. The van der Waals surface area contributed by atoms with E-state index in [2.05, 4.69) is 54.8 Å². The van der Waals surface area contributed by atoms with Crippen LogP contribution in [-0.4, -0.2) is 40.9 Å². The highest BCUT2D eigenvalue weighted by Gasteiger charge is 2.45. The van der Waals surface area contributed by atoms with Gasteiger partial charge in [0.05, 0.1) is 0 Å². The first-order valence-corrected chi connectivity index (χ1v) is 9.57. The summed E-state index contributed by atoms with van der Waals surface area (Å²) in [5.74, 6) is 1.07. The fourth-order valence-electron chi connectivity index (χ4n) is 4.46. The van der Waals surface area contributed by atoms with Gasteiger partial charge in [0.2, 0.25) is 5.91 Å². The normalized spacial score (nSPS) is 25.7. The Kier molecular flexibility index (Phi) is 5.29. The van der Waals surface area contributed by atoms with Gasteiger partial charge < -0.3 is 9.80 Å². The van der Waals surface area contributed by atoms with E-state index >= 15 is 0 Å². The Morgan fingerprint density at radius 1 is 1.08 bits per heavy atom. The first-order chi connectivity index (χ1) is 11.5. The molecule has 0 unspecified atom stereocenters. The smallest absolute Gasteiger partial charge is 0.223 e. The zero-order valence-corrected chi connectivity index (χ0v) is 15.6. The van der Waals surface area contributed by atoms with Gasteiger partial charge in [-0.05, 0) is 50.6 Å². The lowest BCUT2D eigenvalue weighted by Gasteiger charge is -2.38. The van der Waals surface area contributed by atoms with Crippen molar-refractivity contribution >= 4 is 5.91 Å². The molecule has 2 heterocycles. The molecule has 0 saturated carbocycles. The lowest BCUT2D eigenvalue weighted by molar-refractivity contribution is -0.132. The molecule has 3 nitrogen and oxygen atoms in total. The number of rotatable bonds is 4. The summed E-state index contributed by atoms with van der Waals surface area (Å²) >= 11 is 0. The summed E-state index contributed by atoms with van der Waals surface area (Å²) in [5, 5.41) is 0. The van der Waals surface area contributed by atoms with Gasteiger partial charge in [-0.3, -0.25) is 4.79 Å². The van der Waals surface area contributed by atoms with Gasteiger partial charge in [0.25, 0.3) is 0 Å². The SMILES string of the molecule is Cc1ccc(CN2C(=O)CC[C@]23CCCN(CC(C)C)CC3)cc1. The van der Waals surface area contributed by atoms with Crippen LogP contribution in [-0.2, 0) is 11.3 Å². The Labute approximate surface area is 147 Å². The van der Waals surface area contributed by atoms with Crippen molar-refractivity contribution in [2.45, 2.75) is 65.0 Å². The van der Waals surface area contributed by atoms with E-state index in [-0.39, 0.29) is 5.54 Å². The Bertz CT molecular complexity index is 566. The topological polar surface area (TPSA) is 23.6 Å². The van der Waals surface area contributed by atoms with Crippen molar-refractivity contribution in [1.29, 1.82) is 0 Å². The first-order valence-electron chi connectivity index (χ1n) is 9.57. The minimum absolute atomic E-state index is 0.105. The molecule has 1 aromatic carbocycles. The number of carbonyl (C=O) groups excluding carboxylic acids is 1. The molecule has 2 aliphatic rings. The number of nitrogens with zero attached hydrogens (tertiary/aromatic N) is 2. The lowest BCUT2D eigenvalue weighted by Crippen LogP contribution is -2.46. The maximum absolute atomic E-state index is 12.6. The Morgan fingerprint density at radius 3 is 2.54 bits per heavy atom. The molecule has 1 amide bonds. The van der Waals surface area contributed by atoms with Gasteiger partial charge in [-0.25, -0.2) is 0 Å². The van der Waals surface area contributed by atoms with Gasteiger partial charge in [0, 0.05) is 31.6 Å². The average Bonchev–Trinajstić information content (AvgIpc) is 2.71. The van der Waals surface area contributed by atoms with E-state index in [1.165, 1.54) is 37.1 Å². The number of benzene rings is 1. The minimum Gasteiger partial charge on any atom is -0.333 e. The standard InChI is InChI=1S/C21H32N2O/c1-17(2)15-22-13-4-10-21(12-14-22)11-9-20(24)23(21)16-19-7-5-18(3)6-8-19/h5-8,17H,4,9-16H2,1-3H3/t21-/m0/s1. The fraction of sp³-hybridized carbons (Fsp3) is 0.667. The second-order valence-corrected chi connectivity index (χ2v) is 8.24. The van der Waals surface area contributed by atoms with E-state index < -0.39 is 0 Å². The third-order valence-electron chi connectivity index (χ3n) is 5.77. The van der Waals surface area contributed by atoms with Crippen LogP contribution in [0.1, 0.15) is 57.1 Å². The summed E-state index contributed by atoms with van der Waals surface area (Å²) in [6.07, 6.45) is 5.30. The third-order valence-corrected chi connectivity index (χ3v) is 5.77. The molecular formula is C21H32N2O. The van der Waals surface area contributed by atoms with Gasteiger partial charge >= 0.3 is 0 Å². The van der Waals surface area contributed by atoms with Gasteiger partial charge in [-0.1, -0.05) is 43.7 Å². The molecule has 2 aliphatic heterocycles. The summed E-state index contributed by atoms with van der Waals surface area (Å²) in [6.45, 7) is 11.0. The summed E-state index contributed by atoms with van der Waals surface area (Å²) in [7, 11) is 0.